The number of thioether (sulfide) groups is 1. The second kappa shape index (κ2) is 7.59. The lowest BCUT2D eigenvalue weighted by Gasteiger charge is -2.24. The van der Waals surface area contributed by atoms with Gasteiger partial charge in [0.1, 0.15) is 10.4 Å². The Hall–Kier alpha value is -1.18. The lowest BCUT2D eigenvalue weighted by Crippen LogP contribution is -2.46. The molecule has 124 valence electrons. The molecule has 2 saturated heterocycles. The van der Waals surface area contributed by atoms with E-state index in [0.29, 0.717) is 0 Å². The van der Waals surface area contributed by atoms with Gasteiger partial charge in [-0.2, -0.15) is 0 Å². The zero-order valence-electron chi connectivity index (χ0n) is 13.3. The van der Waals surface area contributed by atoms with Crippen molar-refractivity contribution in [3.05, 3.63) is 29.6 Å². The van der Waals surface area contributed by atoms with Gasteiger partial charge in [0, 0.05) is 44.2 Å². The Bertz CT molecular complexity index is 595. The van der Waals surface area contributed by atoms with Crippen LogP contribution < -0.4 is 5.32 Å². The smallest absolute Gasteiger partial charge is 0.246 e. The van der Waals surface area contributed by atoms with Crippen molar-refractivity contribution < 1.29 is 4.79 Å². The Labute approximate surface area is 146 Å². The van der Waals surface area contributed by atoms with Gasteiger partial charge < -0.3 is 10.2 Å². The summed E-state index contributed by atoms with van der Waals surface area (Å²) < 4.78 is 0.741. The molecule has 3 heterocycles. The van der Waals surface area contributed by atoms with Crippen molar-refractivity contribution in [1.82, 2.24) is 20.1 Å². The molecule has 0 aromatic carbocycles. The molecule has 7 heteroatoms. The van der Waals surface area contributed by atoms with E-state index >= 15 is 0 Å². The molecule has 3 rings (SSSR count). The molecule has 0 aliphatic carbocycles. The Kier molecular flexibility index (Phi) is 5.50. The van der Waals surface area contributed by atoms with Crippen LogP contribution in [0.2, 0.25) is 0 Å². The van der Waals surface area contributed by atoms with Crippen LogP contribution in [-0.2, 0) is 11.3 Å². The topological polar surface area (TPSA) is 48.5 Å². The minimum absolute atomic E-state index is 0.141. The minimum atomic E-state index is -0.141. The third kappa shape index (κ3) is 4.43. The van der Waals surface area contributed by atoms with Gasteiger partial charge in [-0.25, -0.2) is 0 Å². The van der Waals surface area contributed by atoms with Gasteiger partial charge in [-0.1, -0.05) is 30.0 Å². The molecule has 1 aromatic heterocycles. The molecule has 2 aliphatic rings. The van der Waals surface area contributed by atoms with Crippen LogP contribution in [0, 0.1) is 6.92 Å². The molecule has 1 atom stereocenters. The van der Waals surface area contributed by atoms with Crippen molar-refractivity contribution in [2.24, 2.45) is 0 Å². The molecule has 5 nitrogen and oxygen atoms in total. The van der Waals surface area contributed by atoms with Crippen molar-refractivity contribution in [3.8, 4) is 0 Å². The van der Waals surface area contributed by atoms with E-state index in [0.717, 1.165) is 60.6 Å². The summed E-state index contributed by atoms with van der Waals surface area (Å²) >= 11 is 6.67. The van der Waals surface area contributed by atoms with Gasteiger partial charge in [-0.15, -0.1) is 0 Å². The highest BCUT2D eigenvalue weighted by Gasteiger charge is 2.30. The maximum Gasteiger partial charge on any atom is 0.246 e. The van der Waals surface area contributed by atoms with Gasteiger partial charge in [-0.05, 0) is 25.5 Å². The number of hydrogen-bond donors (Lipinski definition) is 1. The maximum atomic E-state index is 12.6. The molecule has 0 saturated carbocycles. The van der Waals surface area contributed by atoms with Crippen molar-refractivity contribution in [1.29, 1.82) is 0 Å². The van der Waals surface area contributed by atoms with Gasteiger partial charge in [0.05, 0.1) is 5.69 Å². The maximum absolute atomic E-state index is 12.6. The fourth-order valence-electron chi connectivity index (χ4n) is 3.00. The van der Waals surface area contributed by atoms with Crippen molar-refractivity contribution in [2.75, 3.05) is 31.9 Å². The van der Waals surface area contributed by atoms with E-state index in [1.165, 1.54) is 0 Å². The summed E-state index contributed by atoms with van der Waals surface area (Å²) in [5.74, 6) is 0.943. The van der Waals surface area contributed by atoms with Gasteiger partial charge >= 0.3 is 0 Å². The lowest BCUT2D eigenvalue weighted by atomic mass is 10.2. The lowest BCUT2D eigenvalue weighted by molar-refractivity contribution is -0.132. The third-order valence-electron chi connectivity index (χ3n) is 4.20. The highest BCUT2D eigenvalue weighted by molar-refractivity contribution is 8.23. The summed E-state index contributed by atoms with van der Waals surface area (Å²) in [5, 5.41) is 3.11. The van der Waals surface area contributed by atoms with E-state index in [4.69, 9.17) is 12.2 Å². The molecule has 0 spiro atoms. The molecule has 1 N–H and O–H groups in total. The van der Waals surface area contributed by atoms with Gasteiger partial charge in [0.2, 0.25) is 5.91 Å². The first-order valence-corrected chi connectivity index (χ1v) is 9.38. The number of nitrogens with one attached hydrogen (secondary N) is 1. The number of aromatic nitrogens is 1. The van der Waals surface area contributed by atoms with Crippen LogP contribution in [0.25, 0.3) is 0 Å². The molecule has 2 fully saturated rings. The van der Waals surface area contributed by atoms with Gasteiger partial charge in [-0.3, -0.25) is 14.7 Å². The molecule has 1 aromatic rings. The first-order valence-electron chi connectivity index (χ1n) is 7.99. The number of nitrogens with zero attached hydrogens (tertiary/aromatic N) is 3. The molecular formula is C16H22N4OS2. The average molecular weight is 351 g/mol. The van der Waals surface area contributed by atoms with E-state index < -0.39 is 0 Å². The Morgan fingerprint density at radius 1 is 1.39 bits per heavy atom. The fourth-order valence-corrected chi connectivity index (χ4v) is 4.12. The van der Waals surface area contributed by atoms with Gasteiger partial charge in [0.15, 0.2) is 0 Å². The third-order valence-corrected chi connectivity index (χ3v) is 5.55. The number of hydrogen-bond acceptors (Lipinski definition) is 5. The molecule has 1 unspecified atom stereocenters. The second-order valence-corrected chi connectivity index (χ2v) is 7.72. The predicted octanol–water partition coefficient (Wildman–Crippen LogP) is 1.41. The summed E-state index contributed by atoms with van der Waals surface area (Å²) in [5.41, 5.74) is 2.15. The first kappa shape index (κ1) is 16.7. The van der Waals surface area contributed by atoms with E-state index in [-0.39, 0.29) is 11.9 Å². The van der Waals surface area contributed by atoms with Crippen LogP contribution >= 0.6 is 24.0 Å². The van der Waals surface area contributed by atoms with E-state index in [9.17, 15) is 4.79 Å². The van der Waals surface area contributed by atoms with Crippen molar-refractivity contribution >= 4 is 34.2 Å². The quantitative estimate of drug-likeness (QED) is 0.832. The fraction of sp³-hybridized carbons (Fsp3) is 0.562. The van der Waals surface area contributed by atoms with Gasteiger partial charge in [0.25, 0.3) is 0 Å². The Balaban J connectivity index is 1.54. The molecule has 1 amide bonds. The molecular weight excluding hydrogens is 328 g/mol. The van der Waals surface area contributed by atoms with E-state index in [2.05, 4.69) is 27.3 Å². The zero-order chi connectivity index (χ0) is 16.2. The minimum Gasteiger partial charge on any atom is -0.359 e. The van der Waals surface area contributed by atoms with E-state index in [1.807, 2.05) is 17.9 Å². The molecule has 0 bridgehead atoms. The monoisotopic (exact) mass is 350 g/mol. The van der Waals surface area contributed by atoms with E-state index in [1.54, 1.807) is 11.8 Å². The number of carbonyl (C=O) groups excluding carboxylic acids is 1. The van der Waals surface area contributed by atoms with Crippen LogP contribution in [0.1, 0.15) is 17.8 Å². The number of pyridine rings is 1. The van der Waals surface area contributed by atoms with Crippen LogP contribution in [0.4, 0.5) is 0 Å². The van der Waals surface area contributed by atoms with Crippen molar-refractivity contribution in [2.45, 2.75) is 25.9 Å². The van der Waals surface area contributed by atoms with Crippen LogP contribution in [0.5, 0.6) is 0 Å². The number of aryl methyl sites for hydroxylation is 1. The zero-order valence-corrected chi connectivity index (χ0v) is 15.0. The average Bonchev–Trinajstić information content (AvgIpc) is 2.82. The Morgan fingerprint density at radius 3 is 3.00 bits per heavy atom. The Morgan fingerprint density at radius 2 is 2.26 bits per heavy atom. The number of amides is 1. The SMILES string of the molecule is Cc1cccc(CN2CCCN(C(=O)C3CSC(=S)N3)CC2)n1. The standard InChI is InChI=1S/C16H22N4OS2/c1-12-4-2-5-13(17-12)10-19-6-3-7-20(9-8-19)15(21)14-11-23-16(22)18-14/h2,4-5,14H,3,6-11H2,1H3,(H,18,22). The van der Waals surface area contributed by atoms with Crippen molar-refractivity contribution in [3.63, 3.8) is 0 Å². The normalized spacial score (nSPS) is 22.7. The molecule has 0 radical (unpaired) electrons. The first-order chi connectivity index (χ1) is 11.1. The number of rotatable bonds is 3. The summed E-state index contributed by atoms with van der Waals surface area (Å²) in [4.78, 5) is 21.5. The summed E-state index contributed by atoms with van der Waals surface area (Å²) in [6, 6.07) is 6.00. The number of carbonyl (C=O) groups is 1. The molecule has 23 heavy (non-hydrogen) atoms. The highest BCUT2D eigenvalue weighted by Crippen LogP contribution is 2.16. The van der Waals surface area contributed by atoms with Crippen LogP contribution in [-0.4, -0.2) is 63.0 Å². The van der Waals surface area contributed by atoms with Crippen LogP contribution in [0.15, 0.2) is 18.2 Å². The highest BCUT2D eigenvalue weighted by atomic mass is 32.2. The molecule has 2 aliphatic heterocycles. The van der Waals surface area contributed by atoms with Crippen LogP contribution in [0.3, 0.4) is 0 Å². The summed E-state index contributed by atoms with van der Waals surface area (Å²) in [7, 11) is 0. The predicted molar refractivity (Wildman–Crippen MR) is 97.4 cm³/mol. The summed E-state index contributed by atoms with van der Waals surface area (Å²) in [6.07, 6.45) is 1.00. The largest absolute Gasteiger partial charge is 0.359 e. The second-order valence-electron chi connectivity index (χ2n) is 6.02. The number of thiocarbonyl (C=S) groups is 1. The summed E-state index contributed by atoms with van der Waals surface area (Å²) in [6.45, 7) is 6.37.